The van der Waals surface area contributed by atoms with Gasteiger partial charge in [0.05, 0.1) is 18.4 Å². The van der Waals surface area contributed by atoms with Gasteiger partial charge in [-0.3, -0.25) is 14.3 Å². The molecular formula is C36H67N4O4+. The standard InChI is InChI=1S/C7H9N.C7H8.C6H10O.C5H12NO.C5H10O.C2H6N2O.2C2H6/c1-8-7-5-3-2-4-6-7;1-7-5-3-2-4-6-7;1-3-4-6(2)5-7;1-6(3-4-6)5-7-2;6-5-3-1-2-4-5;1-4(2)3-5;2*1-2/h2-6,8H,1H3;2-6H,1H3;5H,2-4H2,1H3;3-5H2,1-2H3;5-6H,1-4H2;1-2H3;2*1-2H3/q;;;+1;;;;. The van der Waals surface area contributed by atoms with Gasteiger partial charge in [0, 0.05) is 33.9 Å². The highest BCUT2D eigenvalue weighted by Crippen LogP contribution is 2.16. The fraction of sp³-hybridized carbons (Fsp3) is 0.583. The Morgan fingerprint density at radius 2 is 1.45 bits per heavy atom. The SMILES string of the molecule is C=C(C=O)CCC.CC.CC.CN(C)N=O.CNc1ccccc1.COC[N+]1(C)CC1.Cc1ccccc1.OC1CCCC1. The van der Waals surface area contributed by atoms with Crippen molar-refractivity contribution < 1.29 is 19.1 Å². The van der Waals surface area contributed by atoms with Crippen molar-refractivity contribution in [3.05, 3.63) is 83.3 Å². The number of aldehydes is 1. The molecule has 0 atom stereocenters. The van der Waals surface area contributed by atoms with E-state index < -0.39 is 0 Å². The zero-order valence-electron chi connectivity index (χ0n) is 30.0. The minimum absolute atomic E-state index is 0.0463. The molecule has 2 aromatic carbocycles. The average Bonchev–Trinajstić information content (AvgIpc) is 3.59. The molecule has 2 aromatic rings. The summed E-state index contributed by atoms with van der Waals surface area (Å²) in [5.74, 6) is 0. The summed E-state index contributed by atoms with van der Waals surface area (Å²) in [5.41, 5.74) is 3.18. The largest absolute Gasteiger partial charge is 0.393 e. The quantitative estimate of drug-likeness (QED) is 0.0806. The Morgan fingerprint density at radius 3 is 1.61 bits per heavy atom. The fourth-order valence-electron chi connectivity index (χ4n) is 3.03. The molecule has 2 N–H and O–H groups in total. The molecule has 0 radical (unpaired) electrons. The van der Waals surface area contributed by atoms with Gasteiger partial charge in [-0.2, -0.15) is 0 Å². The second-order valence-electron chi connectivity index (χ2n) is 10.1. The summed E-state index contributed by atoms with van der Waals surface area (Å²) in [5, 5.41) is 15.4. The molecule has 254 valence electrons. The van der Waals surface area contributed by atoms with E-state index in [1.54, 1.807) is 21.2 Å². The van der Waals surface area contributed by atoms with E-state index in [0.29, 0.717) is 5.57 Å². The van der Waals surface area contributed by atoms with Gasteiger partial charge in [-0.25, -0.2) is 0 Å². The van der Waals surface area contributed by atoms with Gasteiger partial charge in [0.15, 0.2) is 6.73 Å². The molecule has 1 saturated heterocycles. The number of quaternary nitrogens is 1. The number of aliphatic hydroxyl groups excluding tert-OH is 1. The van der Waals surface area contributed by atoms with Crippen molar-refractivity contribution in [3.8, 4) is 0 Å². The number of carbonyl (C=O) groups is 1. The molecule has 8 nitrogen and oxygen atoms in total. The van der Waals surface area contributed by atoms with E-state index in [4.69, 9.17) is 9.84 Å². The van der Waals surface area contributed by atoms with Gasteiger partial charge in [0.2, 0.25) is 0 Å². The number of aryl methyl sites for hydroxylation is 1. The molecule has 2 fully saturated rings. The molecule has 1 heterocycles. The number of methoxy groups -OCH3 is 1. The van der Waals surface area contributed by atoms with Crippen LogP contribution in [-0.4, -0.2) is 82.1 Å². The molecule has 4 rings (SSSR count). The van der Waals surface area contributed by atoms with E-state index in [2.05, 4.69) is 43.3 Å². The normalized spacial score (nSPS) is 12.7. The van der Waals surface area contributed by atoms with Gasteiger partial charge < -0.3 is 15.2 Å². The van der Waals surface area contributed by atoms with Crippen molar-refractivity contribution in [1.29, 1.82) is 0 Å². The van der Waals surface area contributed by atoms with Crippen LogP contribution in [-0.2, 0) is 9.53 Å². The van der Waals surface area contributed by atoms with Gasteiger partial charge >= 0.3 is 0 Å². The molecule has 0 unspecified atom stereocenters. The minimum Gasteiger partial charge on any atom is -0.393 e. The van der Waals surface area contributed by atoms with E-state index in [0.717, 1.165) is 48.9 Å². The third kappa shape index (κ3) is 38.9. The predicted octanol–water partition coefficient (Wildman–Crippen LogP) is 8.52. The van der Waals surface area contributed by atoms with Crippen molar-refractivity contribution >= 4 is 12.0 Å². The van der Waals surface area contributed by atoms with Crippen LogP contribution in [0, 0.1) is 11.8 Å². The van der Waals surface area contributed by atoms with Gasteiger partial charge in [-0.1, -0.05) is 115 Å². The number of ether oxygens (including phenoxy) is 1. The van der Waals surface area contributed by atoms with Crippen molar-refractivity contribution in [2.75, 3.05) is 60.4 Å². The monoisotopic (exact) mass is 620 g/mol. The summed E-state index contributed by atoms with van der Waals surface area (Å²) in [6, 6.07) is 20.3. The zero-order chi connectivity index (χ0) is 34.7. The Kier molecular flexibility index (Phi) is 39.3. The predicted molar refractivity (Wildman–Crippen MR) is 192 cm³/mol. The van der Waals surface area contributed by atoms with Crippen LogP contribution in [0.15, 0.2) is 78.1 Å². The Bertz CT molecular complexity index is 855. The Morgan fingerprint density at radius 1 is 1.02 bits per heavy atom. The molecule has 0 aromatic heterocycles. The van der Waals surface area contributed by atoms with E-state index in [1.165, 1.54) is 36.5 Å². The summed E-state index contributed by atoms with van der Waals surface area (Å²) in [4.78, 5) is 19.0. The Balaban J connectivity index is -0.000000214. The highest BCUT2D eigenvalue weighted by atomic mass is 16.5. The first-order valence-electron chi connectivity index (χ1n) is 16.0. The number of rotatable bonds is 7. The maximum absolute atomic E-state index is 9.80. The van der Waals surface area contributed by atoms with Gasteiger partial charge in [0.1, 0.15) is 19.4 Å². The van der Waals surface area contributed by atoms with E-state index >= 15 is 0 Å². The van der Waals surface area contributed by atoms with Crippen LogP contribution < -0.4 is 5.32 Å². The number of nitroso groups, excluding NO2 is 1. The topological polar surface area (TPSA) is 91.2 Å². The summed E-state index contributed by atoms with van der Waals surface area (Å²) < 4.78 is 6.06. The number of carbonyl (C=O) groups excluding carboxylic acids is 1. The second kappa shape index (κ2) is 36.1. The number of benzene rings is 2. The number of nitrogens with zero attached hydrogens (tertiary/aromatic N) is 3. The molecule has 1 saturated carbocycles. The zero-order valence-corrected chi connectivity index (χ0v) is 30.0. The number of likely N-dealkylation sites (N-methyl/N-ethyl adjacent to an activating group) is 1. The fourth-order valence-corrected chi connectivity index (χ4v) is 3.03. The van der Waals surface area contributed by atoms with Crippen LogP contribution in [0.5, 0.6) is 0 Å². The van der Waals surface area contributed by atoms with E-state index in [-0.39, 0.29) is 6.10 Å². The first kappa shape index (κ1) is 47.8. The number of hydrogen-bond donors (Lipinski definition) is 2. The first-order valence-corrected chi connectivity index (χ1v) is 16.0. The van der Waals surface area contributed by atoms with Crippen LogP contribution in [0.2, 0.25) is 0 Å². The van der Waals surface area contributed by atoms with Crippen LogP contribution in [0.25, 0.3) is 0 Å². The van der Waals surface area contributed by atoms with Gasteiger partial charge in [-0.05, 0) is 43.9 Å². The molecule has 1 aliphatic carbocycles. The first-order chi connectivity index (χ1) is 21.1. The van der Waals surface area contributed by atoms with Crippen molar-refractivity contribution in [2.45, 2.75) is 86.2 Å². The smallest absolute Gasteiger partial charge is 0.182 e. The van der Waals surface area contributed by atoms with E-state index in [1.807, 2.05) is 90.2 Å². The maximum Gasteiger partial charge on any atom is 0.182 e. The lowest BCUT2D eigenvalue weighted by Crippen LogP contribution is -2.21. The Hall–Kier alpha value is -3.07. The number of anilines is 1. The molecule has 0 bridgehead atoms. The summed E-state index contributed by atoms with van der Waals surface area (Å²) in [6.45, 7) is 19.1. The lowest BCUT2D eigenvalue weighted by Gasteiger charge is -2.07. The lowest BCUT2D eigenvalue weighted by atomic mass is 10.2. The Labute approximate surface area is 271 Å². The van der Waals surface area contributed by atoms with Crippen LogP contribution >= 0.6 is 0 Å². The molecule has 8 heteroatoms. The minimum atomic E-state index is 0.0463. The summed E-state index contributed by atoms with van der Waals surface area (Å²) in [7, 11) is 9.01. The van der Waals surface area contributed by atoms with Gasteiger partial charge in [-0.15, -0.1) is 4.91 Å². The maximum atomic E-state index is 9.80. The summed E-state index contributed by atoms with van der Waals surface area (Å²) in [6.07, 6.45) is 7.26. The molecule has 2 aliphatic rings. The van der Waals surface area contributed by atoms with Crippen LogP contribution in [0.1, 0.15) is 78.7 Å². The van der Waals surface area contributed by atoms with Gasteiger partial charge in [0.25, 0.3) is 0 Å². The molecule has 44 heavy (non-hydrogen) atoms. The molecule has 0 amide bonds. The molecule has 1 aliphatic heterocycles. The van der Waals surface area contributed by atoms with Crippen molar-refractivity contribution in [1.82, 2.24) is 5.01 Å². The van der Waals surface area contributed by atoms with Crippen molar-refractivity contribution in [3.63, 3.8) is 0 Å². The average molecular weight is 620 g/mol. The van der Waals surface area contributed by atoms with Crippen molar-refractivity contribution in [2.24, 2.45) is 5.29 Å². The molecule has 0 spiro atoms. The van der Waals surface area contributed by atoms with Crippen LogP contribution in [0.3, 0.4) is 0 Å². The van der Waals surface area contributed by atoms with E-state index in [9.17, 15) is 9.70 Å². The summed E-state index contributed by atoms with van der Waals surface area (Å²) >= 11 is 0. The number of hydrogen-bond acceptors (Lipinski definition) is 6. The lowest BCUT2D eigenvalue weighted by molar-refractivity contribution is -0.801. The third-order valence-corrected chi connectivity index (χ3v) is 5.66. The number of nitrogens with one attached hydrogen (secondary N) is 1. The highest BCUT2D eigenvalue weighted by molar-refractivity contribution is 5.71. The number of para-hydroxylation sites is 1. The number of allylic oxidation sites excluding steroid dienone is 1. The second-order valence-corrected chi connectivity index (χ2v) is 10.1. The number of aliphatic hydroxyl groups is 1. The van der Waals surface area contributed by atoms with Crippen LogP contribution in [0.4, 0.5) is 5.69 Å². The molecular weight excluding hydrogens is 552 g/mol. The third-order valence-electron chi connectivity index (χ3n) is 5.66. The highest BCUT2D eigenvalue weighted by Gasteiger charge is 2.36.